The fraction of sp³-hybridized carbons (Fsp3) is 0.400. The van der Waals surface area contributed by atoms with Crippen LogP contribution in [0.3, 0.4) is 0 Å². The third kappa shape index (κ3) is 2.45. The van der Waals surface area contributed by atoms with Gasteiger partial charge in [0.25, 0.3) is 0 Å². The monoisotopic (exact) mass is 194 g/mol. The van der Waals surface area contributed by atoms with Gasteiger partial charge in [-0.2, -0.15) is 0 Å². The third-order valence-corrected chi connectivity index (χ3v) is 1.68. The van der Waals surface area contributed by atoms with Gasteiger partial charge in [0.2, 0.25) is 0 Å². The van der Waals surface area contributed by atoms with E-state index >= 15 is 0 Å². The number of carbonyl (C=O) groups is 1. The van der Waals surface area contributed by atoms with Gasteiger partial charge < -0.3 is 10.1 Å². The predicted octanol–water partition coefficient (Wildman–Crippen LogP) is 1.69. The maximum Gasteiger partial charge on any atom is 0.341 e. The van der Waals surface area contributed by atoms with E-state index in [1.165, 1.54) is 6.20 Å². The van der Waals surface area contributed by atoms with Crippen LogP contribution < -0.4 is 5.32 Å². The first kappa shape index (κ1) is 10.5. The summed E-state index contributed by atoms with van der Waals surface area (Å²) in [7, 11) is 0. The van der Waals surface area contributed by atoms with E-state index in [1.807, 2.05) is 6.92 Å². The zero-order chi connectivity index (χ0) is 10.4. The van der Waals surface area contributed by atoms with Gasteiger partial charge in [-0.05, 0) is 19.9 Å². The number of hydrogen-bond donors (Lipinski definition) is 1. The molecule has 0 aromatic carbocycles. The van der Waals surface area contributed by atoms with Crippen LogP contribution in [0.1, 0.15) is 24.2 Å². The third-order valence-electron chi connectivity index (χ3n) is 1.68. The molecule has 14 heavy (non-hydrogen) atoms. The van der Waals surface area contributed by atoms with Gasteiger partial charge in [0.1, 0.15) is 5.56 Å². The highest BCUT2D eigenvalue weighted by Crippen LogP contribution is 2.14. The molecule has 1 rings (SSSR count). The van der Waals surface area contributed by atoms with Crippen molar-refractivity contribution in [2.75, 3.05) is 18.5 Å². The van der Waals surface area contributed by atoms with Crippen molar-refractivity contribution in [1.82, 2.24) is 4.98 Å². The number of hydrogen-bond acceptors (Lipinski definition) is 4. The van der Waals surface area contributed by atoms with E-state index in [4.69, 9.17) is 4.74 Å². The first-order valence-electron chi connectivity index (χ1n) is 4.64. The lowest BCUT2D eigenvalue weighted by molar-refractivity contribution is 0.0527. The zero-order valence-electron chi connectivity index (χ0n) is 8.41. The molecule has 1 aromatic heterocycles. The molecule has 0 atom stereocenters. The van der Waals surface area contributed by atoms with Crippen molar-refractivity contribution in [2.24, 2.45) is 0 Å². The predicted molar refractivity (Wildman–Crippen MR) is 54.4 cm³/mol. The first-order valence-corrected chi connectivity index (χ1v) is 4.64. The SMILES string of the molecule is CCNc1ccncc1C(=O)OCC. The molecule has 0 amide bonds. The Morgan fingerprint density at radius 1 is 1.57 bits per heavy atom. The standard InChI is InChI=1S/C10H14N2O2/c1-3-12-9-5-6-11-7-8(9)10(13)14-4-2/h5-7H,3-4H2,1-2H3,(H,11,12). The second kappa shape index (κ2) is 5.21. The fourth-order valence-electron chi connectivity index (χ4n) is 1.11. The summed E-state index contributed by atoms with van der Waals surface area (Å²) in [5, 5.41) is 3.07. The van der Waals surface area contributed by atoms with Crippen molar-refractivity contribution in [3.63, 3.8) is 0 Å². The minimum atomic E-state index is -0.337. The second-order valence-electron chi connectivity index (χ2n) is 2.67. The number of carbonyl (C=O) groups excluding carboxylic acids is 1. The van der Waals surface area contributed by atoms with Gasteiger partial charge in [-0.15, -0.1) is 0 Å². The molecule has 0 fully saturated rings. The molecule has 1 N–H and O–H groups in total. The summed E-state index contributed by atoms with van der Waals surface area (Å²) >= 11 is 0. The highest BCUT2D eigenvalue weighted by Gasteiger charge is 2.11. The van der Waals surface area contributed by atoms with E-state index in [1.54, 1.807) is 19.2 Å². The van der Waals surface area contributed by atoms with E-state index < -0.39 is 0 Å². The van der Waals surface area contributed by atoms with Crippen LogP contribution in [-0.4, -0.2) is 24.1 Å². The molecular formula is C10H14N2O2. The Bertz CT molecular complexity index is 313. The van der Waals surface area contributed by atoms with Crippen molar-refractivity contribution in [3.8, 4) is 0 Å². The molecule has 0 spiro atoms. The number of rotatable bonds is 4. The summed E-state index contributed by atoms with van der Waals surface area (Å²) in [5.74, 6) is -0.337. The summed E-state index contributed by atoms with van der Waals surface area (Å²) in [4.78, 5) is 15.3. The lowest BCUT2D eigenvalue weighted by Gasteiger charge is -2.08. The number of esters is 1. The zero-order valence-corrected chi connectivity index (χ0v) is 8.41. The lowest BCUT2D eigenvalue weighted by atomic mass is 10.2. The first-order chi connectivity index (χ1) is 6.79. The van der Waals surface area contributed by atoms with Crippen LogP contribution in [0.25, 0.3) is 0 Å². The molecule has 76 valence electrons. The summed E-state index contributed by atoms with van der Waals surface area (Å²) < 4.78 is 4.90. The summed E-state index contributed by atoms with van der Waals surface area (Å²) in [6.45, 7) is 4.88. The molecule has 4 heteroatoms. The fourth-order valence-corrected chi connectivity index (χ4v) is 1.11. The summed E-state index contributed by atoms with van der Waals surface area (Å²) in [5.41, 5.74) is 1.25. The molecule has 0 saturated heterocycles. The van der Waals surface area contributed by atoms with E-state index in [2.05, 4.69) is 10.3 Å². The maximum absolute atomic E-state index is 11.4. The van der Waals surface area contributed by atoms with Gasteiger partial charge in [-0.3, -0.25) is 4.98 Å². The van der Waals surface area contributed by atoms with Crippen LogP contribution in [0.4, 0.5) is 5.69 Å². The Kier molecular flexibility index (Phi) is 3.91. The van der Waals surface area contributed by atoms with Crippen LogP contribution in [0.15, 0.2) is 18.5 Å². The van der Waals surface area contributed by atoms with Crippen LogP contribution >= 0.6 is 0 Å². The molecule has 0 aliphatic rings. The summed E-state index contributed by atoms with van der Waals surface area (Å²) in [6.07, 6.45) is 3.15. The average Bonchev–Trinajstić information content (AvgIpc) is 2.19. The molecule has 0 saturated carbocycles. The van der Waals surface area contributed by atoms with Crippen molar-refractivity contribution in [2.45, 2.75) is 13.8 Å². The Hall–Kier alpha value is -1.58. The maximum atomic E-state index is 11.4. The van der Waals surface area contributed by atoms with Crippen molar-refractivity contribution in [1.29, 1.82) is 0 Å². The minimum Gasteiger partial charge on any atom is -0.462 e. The van der Waals surface area contributed by atoms with Crippen LogP contribution in [0, 0.1) is 0 Å². The number of nitrogens with one attached hydrogen (secondary N) is 1. The molecular weight excluding hydrogens is 180 g/mol. The molecule has 1 aromatic rings. The molecule has 0 radical (unpaired) electrons. The quantitative estimate of drug-likeness (QED) is 0.741. The molecule has 0 aliphatic heterocycles. The summed E-state index contributed by atoms with van der Waals surface area (Å²) in [6, 6.07) is 1.76. The minimum absolute atomic E-state index is 0.337. The van der Waals surface area contributed by atoms with Gasteiger partial charge >= 0.3 is 5.97 Å². The molecule has 0 bridgehead atoms. The van der Waals surface area contributed by atoms with Crippen molar-refractivity contribution < 1.29 is 9.53 Å². The van der Waals surface area contributed by atoms with E-state index in [0.717, 1.165) is 12.2 Å². The smallest absolute Gasteiger partial charge is 0.341 e. The Balaban J connectivity index is 2.88. The normalized spacial score (nSPS) is 9.57. The molecule has 0 unspecified atom stereocenters. The van der Waals surface area contributed by atoms with Crippen LogP contribution in [0.5, 0.6) is 0 Å². The van der Waals surface area contributed by atoms with Crippen molar-refractivity contribution in [3.05, 3.63) is 24.0 Å². The van der Waals surface area contributed by atoms with E-state index in [-0.39, 0.29) is 5.97 Å². The molecule has 0 aliphatic carbocycles. The highest BCUT2D eigenvalue weighted by atomic mass is 16.5. The van der Waals surface area contributed by atoms with Crippen molar-refractivity contribution >= 4 is 11.7 Å². The highest BCUT2D eigenvalue weighted by molar-refractivity contribution is 5.95. The topological polar surface area (TPSA) is 51.2 Å². The molecule has 1 heterocycles. The Morgan fingerprint density at radius 3 is 3.00 bits per heavy atom. The van der Waals surface area contributed by atoms with Gasteiger partial charge in [0.15, 0.2) is 0 Å². The van der Waals surface area contributed by atoms with Gasteiger partial charge in [0, 0.05) is 18.9 Å². The number of ether oxygens (including phenoxy) is 1. The van der Waals surface area contributed by atoms with E-state index in [9.17, 15) is 4.79 Å². The number of pyridine rings is 1. The Morgan fingerprint density at radius 2 is 2.36 bits per heavy atom. The lowest BCUT2D eigenvalue weighted by Crippen LogP contribution is -2.09. The largest absolute Gasteiger partial charge is 0.462 e. The second-order valence-corrected chi connectivity index (χ2v) is 2.67. The average molecular weight is 194 g/mol. The number of nitrogens with zero attached hydrogens (tertiary/aromatic N) is 1. The van der Waals surface area contributed by atoms with Gasteiger partial charge in [-0.25, -0.2) is 4.79 Å². The molecule has 4 nitrogen and oxygen atoms in total. The Labute approximate surface area is 83.3 Å². The number of anilines is 1. The van der Waals surface area contributed by atoms with Gasteiger partial charge in [0.05, 0.1) is 12.3 Å². The number of aromatic nitrogens is 1. The van der Waals surface area contributed by atoms with E-state index in [0.29, 0.717) is 12.2 Å². The van der Waals surface area contributed by atoms with Crippen LogP contribution in [0.2, 0.25) is 0 Å². The van der Waals surface area contributed by atoms with Crippen LogP contribution in [-0.2, 0) is 4.74 Å². The van der Waals surface area contributed by atoms with Gasteiger partial charge in [-0.1, -0.05) is 0 Å².